The van der Waals surface area contributed by atoms with Gasteiger partial charge in [-0.25, -0.2) is 0 Å². The van der Waals surface area contributed by atoms with E-state index in [-0.39, 0.29) is 17.9 Å². The lowest BCUT2D eigenvalue weighted by atomic mass is 9.96. The summed E-state index contributed by atoms with van der Waals surface area (Å²) in [7, 11) is 0. The second-order valence-corrected chi connectivity index (χ2v) is 7.70. The number of nitrogens with one attached hydrogen (secondary N) is 1. The zero-order valence-corrected chi connectivity index (χ0v) is 16.2. The SMILES string of the molecule is O=C(NC(=S)N1CCN(C(c2ccccc2)c2ccccc2)CC1)C1CC1. The first kappa shape index (κ1) is 18.1. The molecule has 2 aromatic rings. The van der Waals surface area contributed by atoms with E-state index in [0.29, 0.717) is 5.11 Å². The summed E-state index contributed by atoms with van der Waals surface area (Å²) in [6, 6.07) is 21.6. The van der Waals surface area contributed by atoms with Crippen molar-refractivity contribution in [2.24, 2.45) is 5.92 Å². The summed E-state index contributed by atoms with van der Waals surface area (Å²) >= 11 is 5.46. The van der Waals surface area contributed by atoms with Gasteiger partial charge in [-0.3, -0.25) is 9.69 Å². The summed E-state index contributed by atoms with van der Waals surface area (Å²) < 4.78 is 0. The molecule has 1 aliphatic heterocycles. The highest BCUT2D eigenvalue weighted by Crippen LogP contribution is 2.30. The Morgan fingerprint density at radius 1 is 0.889 bits per heavy atom. The number of carbonyl (C=O) groups is 1. The van der Waals surface area contributed by atoms with Crippen LogP contribution in [0.5, 0.6) is 0 Å². The molecule has 5 heteroatoms. The molecule has 1 saturated carbocycles. The van der Waals surface area contributed by atoms with Crippen LogP contribution in [0.15, 0.2) is 60.7 Å². The molecule has 2 aliphatic rings. The molecule has 0 unspecified atom stereocenters. The molecule has 2 aromatic carbocycles. The second-order valence-electron chi connectivity index (χ2n) is 7.32. The van der Waals surface area contributed by atoms with E-state index in [0.717, 1.165) is 39.0 Å². The minimum Gasteiger partial charge on any atom is -0.346 e. The van der Waals surface area contributed by atoms with Crippen molar-refractivity contribution in [3.05, 3.63) is 71.8 Å². The molecule has 140 valence electrons. The van der Waals surface area contributed by atoms with Crippen LogP contribution in [0, 0.1) is 5.92 Å². The van der Waals surface area contributed by atoms with Gasteiger partial charge in [0, 0.05) is 32.1 Å². The first-order valence-corrected chi connectivity index (χ1v) is 10.1. The van der Waals surface area contributed by atoms with Gasteiger partial charge in [-0.1, -0.05) is 60.7 Å². The minimum atomic E-state index is 0.0916. The largest absolute Gasteiger partial charge is 0.346 e. The zero-order valence-electron chi connectivity index (χ0n) is 15.4. The van der Waals surface area contributed by atoms with Crippen molar-refractivity contribution >= 4 is 23.2 Å². The highest BCUT2D eigenvalue weighted by Gasteiger charge is 2.32. The maximum absolute atomic E-state index is 12.0. The molecule has 0 atom stereocenters. The molecule has 1 N–H and O–H groups in total. The van der Waals surface area contributed by atoms with Crippen molar-refractivity contribution < 1.29 is 4.79 Å². The lowest BCUT2D eigenvalue weighted by Gasteiger charge is -2.40. The molecular weight excluding hydrogens is 354 g/mol. The van der Waals surface area contributed by atoms with Crippen LogP contribution in [0.2, 0.25) is 0 Å². The fourth-order valence-electron chi connectivity index (χ4n) is 3.70. The summed E-state index contributed by atoms with van der Waals surface area (Å²) in [5.41, 5.74) is 2.61. The highest BCUT2D eigenvalue weighted by molar-refractivity contribution is 7.80. The second kappa shape index (κ2) is 8.19. The van der Waals surface area contributed by atoms with E-state index in [1.807, 2.05) is 0 Å². The van der Waals surface area contributed by atoms with Gasteiger partial charge in [0.05, 0.1) is 6.04 Å². The molecule has 0 radical (unpaired) electrons. The summed E-state index contributed by atoms with van der Waals surface area (Å²) in [6.07, 6.45) is 2.00. The van der Waals surface area contributed by atoms with Gasteiger partial charge in [0.2, 0.25) is 5.91 Å². The fraction of sp³-hybridized carbons (Fsp3) is 0.364. The van der Waals surface area contributed by atoms with E-state index in [9.17, 15) is 4.79 Å². The number of carbonyl (C=O) groups excluding carboxylic acids is 1. The molecule has 27 heavy (non-hydrogen) atoms. The van der Waals surface area contributed by atoms with Crippen LogP contribution in [-0.4, -0.2) is 47.0 Å². The lowest BCUT2D eigenvalue weighted by molar-refractivity contribution is -0.121. The highest BCUT2D eigenvalue weighted by atomic mass is 32.1. The number of nitrogens with zero attached hydrogens (tertiary/aromatic N) is 2. The Labute approximate surface area is 166 Å². The van der Waals surface area contributed by atoms with Crippen LogP contribution in [-0.2, 0) is 4.79 Å². The topological polar surface area (TPSA) is 35.6 Å². The molecule has 4 rings (SSSR count). The van der Waals surface area contributed by atoms with E-state index < -0.39 is 0 Å². The van der Waals surface area contributed by atoms with E-state index in [4.69, 9.17) is 12.2 Å². The number of hydrogen-bond acceptors (Lipinski definition) is 3. The average Bonchev–Trinajstić information content (AvgIpc) is 3.56. The van der Waals surface area contributed by atoms with Gasteiger partial charge in [0.1, 0.15) is 0 Å². The van der Waals surface area contributed by atoms with Crippen molar-refractivity contribution in [2.45, 2.75) is 18.9 Å². The Kier molecular flexibility index (Phi) is 5.50. The summed E-state index contributed by atoms with van der Waals surface area (Å²) in [4.78, 5) is 16.6. The first-order valence-electron chi connectivity index (χ1n) is 9.66. The number of hydrogen-bond donors (Lipinski definition) is 1. The van der Waals surface area contributed by atoms with E-state index in [1.54, 1.807) is 0 Å². The predicted octanol–water partition coefficient (Wildman–Crippen LogP) is 3.20. The summed E-state index contributed by atoms with van der Waals surface area (Å²) in [5.74, 6) is 0.277. The quantitative estimate of drug-likeness (QED) is 0.828. The first-order chi connectivity index (χ1) is 13.2. The number of benzene rings is 2. The molecule has 1 saturated heterocycles. The molecule has 4 nitrogen and oxygen atoms in total. The van der Waals surface area contributed by atoms with Crippen LogP contribution in [0.1, 0.15) is 30.0 Å². The van der Waals surface area contributed by atoms with E-state index in [2.05, 4.69) is 75.8 Å². The normalized spacial score (nSPS) is 17.7. The van der Waals surface area contributed by atoms with Crippen LogP contribution >= 0.6 is 12.2 Å². The molecule has 0 aromatic heterocycles. The lowest BCUT2D eigenvalue weighted by Crippen LogP contribution is -2.53. The molecule has 1 heterocycles. The van der Waals surface area contributed by atoms with Gasteiger partial charge in [0.25, 0.3) is 0 Å². The standard InChI is InChI=1S/C22H25N3OS/c26-21(19-11-12-19)23-22(27)25-15-13-24(14-16-25)20(17-7-3-1-4-8-17)18-9-5-2-6-10-18/h1-10,19-20H,11-16H2,(H,23,26,27). The predicted molar refractivity (Wildman–Crippen MR) is 111 cm³/mol. The van der Waals surface area contributed by atoms with Crippen LogP contribution in [0.25, 0.3) is 0 Å². The molecule has 0 bridgehead atoms. The Bertz CT molecular complexity index is 744. The van der Waals surface area contributed by atoms with Gasteiger partial charge < -0.3 is 10.2 Å². The van der Waals surface area contributed by atoms with Gasteiger partial charge in [-0.2, -0.15) is 0 Å². The fourth-order valence-corrected chi connectivity index (χ4v) is 3.98. The van der Waals surface area contributed by atoms with Gasteiger partial charge in [0.15, 0.2) is 5.11 Å². The monoisotopic (exact) mass is 379 g/mol. The maximum Gasteiger partial charge on any atom is 0.229 e. The van der Waals surface area contributed by atoms with E-state index in [1.165, 1.54) is 11.1 Å². The molecule has 1 aliphatic carbocycles. The van der Waals surface area contributed by atoms with Crippen molar-refractivity contribution in [3.8, 4) is 0 Å². The average molecular weight is 380 g/mol. The molecular formula is C22H25N3OS. The summed E-state index contributed by atoms with van der Waals surface area (Å²) in [5, 5.41) is 3.50. The molecule has 2 fully saturated rings. The third-order valence-electron chi connectivity index (χ3n) is 5.38. The number of rotatable bonds is 4. The van der Waals surface area contributed by atoms with Gasteiger partial charge in [-0.05, 0) is 36.2 Å². The third-order valence-corrected chi connectivity index (χ3v) is 5.74. The van der Waals surface area contributed by atoms with Crippen molar-refractivity contribution in [1.29, 1.82) is 0 Å². The minimum absolute atomic E-state index is 0.0916. The number of thiocarbonyl (C=S) groups is 1. The zero-order chi connectivity index (χ0) is 18.6. The smallest absolute Gasteiger partial charge is 0.229 e. The van der Waals surface area contributed by atoms with Crippen molar-refractivity contribution in [3.63, 3.8) is 0 Å². The van der Waals surface area contributed by atoms with Gasteiger partial charge in [-0.15, -0.1) is 0 Å². The van der Waals surface area contributed by atoms with E-state index >= 15 is 0 Å². The van der Waals surface area contributed by atoms with Crippen molar-refractivity contribution in [1.82, 2.24) is 15.1 Å². The summed E-state index contributed by atoms with van der Waals surface area (Å²) in [6.45, 7) is 3.49. The maximum atomic E-state index is 12.0. The molecule has 1 amide bonds. The van der Waals surface area contributed by atoms with Crippen molar-refractivity contribution in [2.75, 3.05) is 26.2 Å². The third kappa shape index (κ3) is 4.37. The number of piperazine rings is 1. The number of amides is 1. The Morgan fingerprint density at radius 3 is 1.89 bits per heavy atom. The van der Waals surface area contributed by atoms with Gasteiger partial charge >= 0.3 is 0 Å². The van der Waals surface area contributed by atoms with Crippen LogP contribution in [0.4, 0.5) is 0 Å². The van der Waals surface area contributed by atoms with Crippen LogP contribution in [0.3, 0.4) is 0 Å². The van der Waals surface area contributed by atoms with Crippen LogP contribution < -0.4 is 5.32 Å². The Hall–Kier alpha value is -2.24. The Balaban J connectivity index is 1.44. The Morgan fingerprint density at radius 2 is 1.41 bits per heavy atom. The molecule has 0 spiro atoms.